The maximum atomic E-state index is 3.72. The zero-order chi connectivity index (χ0) is 7.23. The lowest BCUT2D eigenvalue weighted by atomic mass is 9.96. The Morgan fingerprint density at radius 1 is 1.50 bits per heavy atom. The van der Waals surface area contributed by atoms with Crippen LogP contribution in [0.15, 0.2) is 24.3 Å². The van der Waals surface area contributed by atoms with E-state index < -0.39 is 0 Å². The van der Waals surface area contributed by atoms with E-state index in [1.807, 2.05) is 6.08 Å². The lowest BCUT2D eigenvalue weighted by Gasteiger charge is -2.10. The highest BCUT2D eigenvalue weighted by Crippen LogP contribution is 2.20. The molecule has 0 aromatic heterocycles. The molecule has 0 aromatic rings. The molecule has 0 unspecified atom stereocenters. The normalized spacial score (nSPS) is 18.2. The minimum Gasteiger partial charge on any atom is -0.103 e. The molecule has 0 N–H and O–H groups in total. The Kier molecular flexibility index (Phi) is 3.28. The summed E-state index contributed by atoms with van der Waals surface area (Å²) in [5, 5.41) is 0. The molecule has 0 saturated heterocycles. The summed E-state index contributed by atoms with van der Waals surface area (Å²) in [6.45, 7) is 3.72. The molecule has 0 spiro atoms. The van der Waals surface area contributed by atoms with Gasteiger partial charge in [-0.05, 0) is 38.5 Å². The summed E-state index contributed by atoms with van der Waals surface area (Å²) in [5.41, 5.74) is 1.66. The molecule has 0 aliphatic heterocycles. The van der Waals surface area contributed by atoms with E-state index in [1.54, 1.807) is 5.57 Å². The predicted molar refractivity (Wildman–Crippen MR) is 46.0 cm³/mol. The molecular formula is C10H16. The summed E-state index contributed by atoms with van der Waals surface area (Å²) in [5.74, 6) is 0. The highest BCUT2D eigenvalue weighted by molar-refractivity contribution is 5.05. The molecule has 56 valence electrons. The molecule has 0 amide bonds. The molecule has 0 nitrogen and oxygen atoms in total. The summed E-state index contributed by atoms with van der Waals surface area (Å²) in [6, 6.07) is 0. The summed E-state index contributed by atoms with van der Waals surface area (Å²) in [6.07, 6.45) is 12.3. The van der Waals surface area contributed by atoms with Crippen LogP contribution in [0.1, 0.15) is 38.5 Å². The van der Waals surface area contributed by atoms with Gasteiger partial charge in [0.2, 0.25) is 0 Å². The van der Waals surface area contributed by atoms with Gasteiger partial charge in [0.25, 0.3) is 0 Å². The second kappa shape index (κ2) is 4.32. The fourth-order valence-electron chi connectivity index (χ4n) is 1.42. The van der Waals surface area contributed by atoms with E-state index in [0.29, 0.717) is 0 Å². The monoisotopic (exact) mass is 136 g/mol. The third-order valence-corrected chi connectivity index (χ3v) is 2.05. The molecule has 0 fully saturated rings. The first-order valence-electron chi connectivity index (χ1n) is 4.22. The van der Waals surface area contributed by atoms with Crippen LogP contribution < -0.4 is 0 Å². The van der Waals surface area contributed by atoms with E-state index in [2.05, 4.69) is 12.7 Å². The molecule has 0 heteroatoms. The Morgan fingerprint density at radius 3 is 3.00 bits per heavy atom. The van der Waals surface area contributed by atoms with Crippen molar-refractivity contribution >= 4 is 0 Å². The fourth-order valence-corrected chi connectivity index (χ4v) is 1.42. The van der Waals surface area contributed by atoms with Crippen molar-refractivity contribution in [3.05, 3.63) is 24.3 Å². The Hall–Kier alpha value is -0.520. The molecule has 10 heavy (non-hydrogen) atoms. The smallest absolute Gasteiger partial charge is 0.0286 e. The third kappa shape index (κ3) is 2.38. The van der Waals surface area contributed by atoms with Crippen molar-refractivity contribution < 1.29 is 0 Å². The van der Waals surface area contributed by atoms with E-state index >= 15 is 0 Å². The van der Waals surface area contributed by atoms with E-state index in [0.717, 1.165) is 6.42 Å². The van der Waals surface area contributed by atoms with Crippen LogP contribution in [-0.4, -0.2) is 0 Å². The van der Waals surface area contributed by atoms with Gasteiger partial charge in [-0.15, -0.1) is 6.58 Å². The summed E-state index contributed by atoms with van der Waals surface area (Å²) in [7, 11) is 0. The Labute approximate surface area is 63.6 Å². The van der Waals surface area contributed by atoms with Crippen molar-refractivity contribution in [2.45, 2.75) is 38.5 Å². The lowest BCUT2D eigenvalue weighted by molar-refractivity contribution is 0.676. The van der Waals surface area contributed by atoms with Crippen LogP contribution in [0.4, 0.5) is 0 Å². The first-order valence-corrected chi connectivity index (χ1v) is 4.22. The van der Waals surface area contributed by atoms with E-state index in [9.17, 15) is 0 Å². The second-order valence-electron chi connectivity index (χ2n) is 2.94. The van der Waals surface area contributed by atoms with Gasteiger partial charge in [-0.3, -0.25) is 0 Å². The summed E-state index contributed by atoms with van der Waals surface area (Å²) in [4.78, 5) is 0. The molecule has 1 aliphatic carbocycles. The fraction of sp³-hybridized carbons (Fsp3) is 0.600. The Bertz CT molecular complexity index is 131. The van der Waals surface area contributed by atoms with Crippen molar-refractivity contribution in [3.63, 3.8) is 0 Å². The zero-order valence-electron chi connectivity index (χ0n) is 6.60. The van der Waals surface area contributed by atoms with Crippen LogP contribution >= 0.6 is 0 Å². The zero-order valence-corrected chi connectivity index (χ0v) is 6.60. The molecule has 0 atom stereocenters. The molecular weight excluding hydrogens is 120 g/mol. The van der Waals surface area contributed by atoms with Gasteiger partial charge in [-0.25, -0.2) is 0 Å². The standard InChI is InChI=1S/C10H16/c1-2-3-7-10-8-5-4-6-9-10/h2,8H,1,3-7,9H2. The van der Waals surface area contributed by atoms with E-state index in [-0.39, 0.29) is 0 Å². The molecule has 0 heterocycles. The number of rotatable bonds is 3. The minimum atomic E-state index is 1.16. The average molecular weight is 136 g/mol. The van der Waals surface area contributed by atoms with Gasteiger partial charge in [0, 0.05) is 0 Å². The van der Waals surface area contributed by atoms with Crippen molar-refractivity contribution in [1.29, 1.82) is 0 Å². The number of hydrogen-bond donors (Lipinski definition) is 0. The molecule has 0 radical (unpaired) electrons. The first kappa shape index (κ1) is 7.59. The highest BCUT2D eigenvalue weighted by atomic mass is 14.1. The third-order valence-electron chi connectivity index (χ3n) is 2.05. The lowest BCUT2D eigenvalue weighted by Crippen LogP contribution is -1.90. The van der Waals surface area contributed by atoms with Gasteiger partial charge >= 0.3 is 0 Å². The number of allylic oxidation sites excluding steroid dienone is 3. The van der Waals surface area contributed by atoms with Gasteiger partial charge in [-0.2, -0.15) is 0 Å². The van der Waals surface area contributed by atoms with Crippen LogP contribution in [0.3, 0.4) is 0 Å². The largest absolute Gasteiger partial charge is 0.103 e. The van der Waals surface area contributed by atoms with E-state index in [1.165, 1.54) is 32.1 Å². The van der Waals surface area contributed by atoms with Crippen LogP contribution in [0.25, 0.3) is 0 Å². The molecule has 0 saturated carbocycles. The quantitative estimate of drug-likeness (QED) is 0.521. The van der Waals surface area contributed by atoms with Gasteiger partial charge < -0.3 is 0 Å². The van der Waals surface area contributed by atoms with E-state index in [4.69, 9.17) is 0 Å². The molecule has 0 aromatic carbocycles. The van der Waals surface area contributed by atoms with Gasteiger partial charge in [0.1, 0.15) is 0 Å². The maximum Gasteiger partial charge on any atom is -0.0286 e. The molecule has 1 aliphatic rings. The van der Waals surface area contributed by atoms with Crippen molar-refractivity contribution in [2.24, 2.45) is 0 Å². The minimum absolute atomic E-state index is 1.16. The average Bonchev–Trinajstić information content (AvgIpc) is 2.03. The summed E-state index contributed by atoms with van der Waals surface area (Å²) >= 11 is 0. The van der Waals surface area contributed by atoms with Crippen molar-refractivity contribution in [3.8, 4) is 0 Å². The highest BCUT2D eigenvalue weighted by Gasteiger charge is 2.00. The van der Waals surface area contributed by atoms with Crippen LogP contribution in [0.2, 0.25) is 0 Å². The van der Waals surface area contributed by atoms with Gasteiger partial charge in [-0.1, -0.05) is 17.7 Å². The van der Waals surface area contributed by atoms with Crippen LogP contribution in [0, 0.1) is 0 Å². The maximum absolute atomic E-state index is 3.72. The van der Waals surface area contributed by atoms with Gasteiger partial charge in [0.15, 0.2) is 0 Å². The van der Waals surface area contributed by atoms with Crippen LogP contribution in [0.5, 0.6) is 0 Å². The first-order chi connectivity index (χ1) is 4.93. The SMILES string of the molecule is C=CCCC1=CCCCC1. The van der Waals surface area contributed by atoms with Crippen molar-refractivity contribution in [2.75, 3.05) is 0 Å². The van der Waals surface area contributed by atoms with Crippen LogP contribution in [-0.2, 0) is 0 Å². The topological polar surface area (TPSA) is 0 Å². The van der Waals surface area contributed by atoms with Gasteiger partial charge in [0.05, 0.1) is 0 Å². The molecule has 0 bridgehead atoms. The molecule has 1 rings (SSSR count). The Morgan fingerprint density at radius 2 is 2.40 bits per heavy atom. The number of hydrogen-bond acceptors (Lipinski definition) is 0. The second-order valence-corrected chi connectivity index (χ2v) is 2.94. The Balaban J connectivity index is 2.24. The predicted octanol–water partition coefficient (Wildman–Crippen LogP) is 3.45. The summed E-state index contributed by atoms with van der Waals surface area (Å²) < 4.78 is 0. The van der Waals surface area contributed by atoms with Crippen molar-refractivity contribution in [1.82, 2.24) is 0 Å².